The molecule has 0 saturated heterocycles. The number of amides is 2. The third-order valence-corrected chi connectivity index (χ3v) is 4.00. The number of benzene rings is 2. The maximum Gasteiger partial charge on any atom is 0.252 e. The molecule has 126 valence electrons. The number of aryl methyl sites for hydroxylation is 1. The molecule has 0 aliphatic carbocycles. The molecule has 0 bridgehead atoms. The van der Waals surface area contributed by atoms with Crippen LogP contribution in [0, 0.1) is 6.92 Å². The van der Waals surface area contributed by atoms with Crippen molar-refractivity contribution in [3.05, 3.63) is 70.2 Å². The zero-order chi connectivity index (χ0) is 17.7. The van der Waals surface area contributed by atoms with Crippen LogP contribution in [0.4, 0.5) is 0 Å². The summed E-state index contributed by atoms with van der Waals surface area (Å²) in [5, 5.41) is 5.71. The van der Waals surface area contributed by atoms with Crippen LogP contribution in [0.15, 0.2) is 48.5 Å². The van der Waals surface area contributed by atoms with Crippen molar-refractivity contribution in [2.75, 3.05) is 0 Å². The minimum atomic E-state index is -1.02. The van der Waals surface area contributed by atoms with E-state index in [1.165, 1.54) is 0 Å². The van der Waals surface area contributed by atoms with E-state index in [1.54, 1.807) is 36.4 Å². The summed E-state index contributed by atoms with van der Waals surface area (Å²) in [7, 11) is 0. The number of carbonyl (C=O) groups is 2. The first-order chi connectivity index (χ1) is 11.4. The van der Waals surface area contributed by atoms with E-state index >= 15 is 0 Å². The largest absolute Gasteiger partial charge is 0.329 e. The van der Waals surface area contributed by atoms with Gasteiger partial charge in [-0.1, -0.05) is 29.3 Å². The second kappa shape index (κ2) is 8.38. The highest BCUT2D eigenvalue weighted by Gasteiger charge is 2.22. The molecule has 1 atom stereocenters. The smallest absolute Gasteiger partial charge is 0.252 e. The lowest BCUT2D eigenvalue weighted by Gasteiger charge is -2.21. The monoisotopic (exact) mass is 384 g/mol. The predicted molar refractivity (Wildman–Crippen MR) is 96.8 cm³/mol. The van der Waals surface area contributed by atoms with Gasteiger partial charge in [0.1, 0.15) is 11.0 Å². The molecular formula is C17H15Cl3N2O2. The number of alkyl halides is 2. The Balaban J connectivity index is 2.06. The average molecular weight is 386 g/mol. The molecule has 2 N–H and O–H groups in total. The van der Waals surface area contributed by atoms with Gasteiger partial charge in [0.05, 0.1) is 0 Å². The molecule has 2 aromatic rings. The summed E-state index contributed by atoms with van der Waals surface area (Å²) >= 11 is 17.5. The minimum Gasteiger partial charge on any atom is -0.329 e. The van der Waals surface area contributed by atoms with E-state index < -0.39 is 16.9 Å². The zero-order valence-corrected chi connectivity index (χ0v) is 15.0. The molecule has 0 radical (unpaired) electrons. The van der Waals surface area contributed by atoms with Gasteiger partial charge in [-0.25, -0.2) is 0 Å². The summed E-state index contributed by atoms with van der Waals surface area (Å²) in [5.74, 6) is -0.810. The molecule has 0 aliphatic rings. The lowest BCUT2D eigenvalue weighted by molar-refractivity contribution is 0.0888. The molecule has 0 saturated carbocycles. The number of hydrogen-bond donors (Lipinski definition) is 2. The van der Waals surface area contributed by atoms with E-state index in [0.717, 1.165) is 5.56 Å². The Kier molecular flexibility index (Phi) is 6.49. The molecule has 24 heavy (non-hydrogen) atoms. The second-order valence-electron chi connectivity index (χ2n) is 5.13. The van der Waals surface area contributed by atoms with E-state index in [1.807, 2.05) is 19.1 Å². The fourth-order valence-corrected chi connectivity index (χ4v) is 2.30. The van der Waals surface area contributed by atoms with E-state index in [-0.39, 0.29) is 5.91 Å². The van der Waals surface area contributed by atoms with Gasteiger partial charge in [0, 0.05) is 16.1 Å². The molecule has 0 heterocycles. The Labute approximate surface area is 155 Å². The first kappa shape index (κ1) is 18.6. The fraction of sp³-hybridized carbons (Fsp3) is 0.176. The third-order valence-electron chi connectivity index (χ3n) is 3.25. The van der Waals surface area contributed by atoms with Gasteiger partial charge >= 0.3 is 0 Å². The van der Waals surface area contributed by atoms with Crippen LogP contribution in [-0.2, 0) is 0 Å². The van der Waals surface area contributed by atoms with Crippen LogP contribution in [0.5, 0.6) is 0 Å². The van der Waals surface area contributed by atoms with Crippen LogP contribution in [0.1, 0.15) is 26.3 Å². The van der Waals surface area contributed by atoms with Gasteiger partial charge in [-0.15, -0.1) is 23.2 Å². The highest BCUT2D eigenvalue weighted by atomic mass is 35.5. The van der Waals surface area contributed by atoms with Gasteiger partial charge in [0.15, 0.2) is 0 Å². The highest BCUT2D eigenvalue weighted by Crippen LogP contribution is 2.12. The van der Waals surface area contributed by atoms with Gasteiger partial charge in [-0.05, 0) is 43.3 Å². The number of nitrogens with one attached hydrogen (secondary N) is 2. The van der Waals surface area contributed by atoms with Crippen LogP contribution in [0.3, 0.4) is 0 Å². The van der Waals surface area contributed by atoms with Gasteiger partial charge in [0.25, 0.3) is 11.8 Å². The Morgan fingerprint density at radius 1 is 0.833 bits per heavy atom. The number of halogens is 3. The van der Waals surface area contributed by atoms with E-state index in [0.29, 0.717) is 16.1 Å². The Morgan fingerprint density at radius 3 is 1.67 bits per heavy atom. The standard InChI is InChI=1S/C17H15Cl3N2O2/c1-10-2-4-11(5-3-10)16(23)21-15(14(19)20)22-17(24)12-6-8-13(18)9-7-12/h2-9,14-15H,1H3,(H,21,23)(H,22,24)/t15-/m0/s1. The molecule has 0 fully saturated rings. The van der Waals surface area contributed by atoms with E-state index in [9.17, 15) is 9.59 Å². The molecule has 0 aromatic heterocycles. The number of hydrogen-bond acceptors (Lipinski definition) is 2. The van der Waals surface area contributed by atoms with Gasteiger partial charge in [-0.2, -0.15) is 0 Å². The van der Waals surface area contributed by atoms with Gasteiger partial charge in [-0.3, -0.25) is 9.59 Å². The molecule has 2 amide bonds. The van der Waals surface area contributed by atoms with Crippen molar-refractivity contribution in [1.82, 2.24) is 10.6 Å². The van der Waals surface area contributed by atoms with Gasteiger partial charge < -0.3 is 10.6 Å². The molecule has 7 heteroatoms. The van der Waals surface area contributed by atoms with Crippen LogP contribution in [0.2, 0.25) is 5.02 Å². The summed E-state index contributed by atoms with van der Waals surface area (Å²) in [6.07, 6.45) is -0.940. The predicted octanol–water partition coefficient (Wildman–Crippen LogP) is 3.94. The van der Waals surface area contributed by atoms with Crippen LogP contribution in [-0.4, -0.2) is 22.8 Å². The second-order valence-corrected chi connectivity index (χ2v) is 6.73. The average Bonchev–Trinajstić information content (AvgIpc) is 2.55. The van der Waals surface area contributed by atoms with E-state index in [2.05, 4.69) is 10.6 Å². The number of carbonyl (C=O) groups excluding carboxylic acids is 2. The maximum absolute atomic E-state index is 12.2. The van der Waals surface area contributed by atoms with Crippen molar-refractivity contribution in [1.29, 1.82) is 0 Å². The Bertz CT molecular complexity index is 656. The van der Waals surface area contributed by atoms with E-state index in [4.69, 9.17) is 34.8 Å². The summed E-state index contributed by atoms with van der Waals surface area (Å²) in [6.45, 7) is 1.92. The summed E-state index contributed by atoms with van der Waals surface area (Å²) in [4.78, 5) is 23.4. The SMILES string of the molecule is Cc1ccc(C(=O)N[C@@H](NC(=O)c2ccc(Cl)cc2)C(Cl)Cl)cc1. The maximum atomic E-state index is 12.2. The first-order valence-electron chi connectivity index (χ1n) is 7.09. The molecule has 2 rings (SSSR count). The lowest BCUT2D eigenvalue weighted by atomic mass is 10.1. The normalized spacial score (nSPS) is 11.9. The summed E-state index contributed by atoms with van der Waals surface area (Å²) in [5.41, 5.74) is 1.86. The van der Waals surface area contributed by atoms with Gasteiger partial charge in [0.2, 0.25) is 0 Å². The highest BCUT2D eigenvalue weighted by molar-refractivity contribution is 6.45. The van der Waals surface area contributed by atoms with Crippen LogP contribution >= 0.6 is 34.8 Å². The summed E-state index contributed by atoms with van der Waals surface area (Å²) < 4.78 is 0. The molecule has 0 spiro atoms. The zero-order valence-electron chi connectivity index (χ0n) is 12.7. The fourth-order valence-electron chi connectivity index (χ4n) is 1.92. The molecule has 2 aromatic carbocycles. The van der Waals surface area contributed by atoms with Crippen molar-refractivity contribution in [2.24, 2.45) is 0 Å². The molecule has 0 aliphatic heterocycles. The van der Waals surface area contributed by atoms with Crippen molar-refractivity contribution >= 4 is 46.6 Å². The minimum absolute atomic E-state index is 0.378. The molecular weight excluding hydrogens is 371 g/mol. The first-order valence-corrected chi connectivity index (χ1v) is 8.34. The third kappa shape index (κ3) is 5.13. The van der Waals surface area contributed by atoms with Crippen molar-refractivity contribution in [3.8, 4) is 0 Å². The topological polar surface area (TPSA) is 58.2 Å². The lowest BCUT2D eigenvalue weighted by Crippen LogP contribution is -2.51. The molecule has 4 nitrogen and oxygen atoms in total. The van der Waals surface area contributed by atoms with Crippen LogP contribution in [0.25, 0.3) is 0 Å². The van der Waals surface area contributed by atoms with Crippen molar-refractivity contribution in [2.45, 2.75) is 17.9 Å². The Hall–Kier alpha value is -1.75. The van der Waals surface area contributed by atoms with Crippen molar-refractivity contribution in [3.63, 3.8) is 0 Å². The van der Waals surface area contributed by atoms with Crippen LogP contribution < -0.4 is 10.6 Å². The van der Waals surface area contributed by atoms with Crippen molar-refractivity contribution < 1.29 is 9.59 Å². The molecule has 0 unspecified atom stereocenters. The Morgan fingerprint density at radius 2 is 1.25 bits per heavy atom. The summed E-state index contributed by atoms with van der Waals surface area (Å²) in [6, 6.07) is 13.3. The number of rotatable bonds is 5. The quantitative estimate of drug-likeness (QED) is 0.605.